The smallest absolute Gasteiger partial charge is 0.407 e. The van der Waals surface area contributed by atoms with Crippen LogP contribution in [0.15, 0.2) is 18.2 Å². The molecular weight excluding hydrogens is 332 g/mol. The predicted molar refractivity (Wildman–Crippen MR) is 88.1 cm³/mol. The standard InChI is InChI=1S/C16H22N2O7/c1-16(2,3)25-15(22)17-12(8-14(20)21)7-11-6-10(9-19)4-5-13(11)18(23)24/h4-6,12,19H,7-9H2,1-3H3,(H,17,22)(H,20,21). The van der Waals surface area contributed by atoms with Crippen molar-refractivity contribution >= 4 is 17.7 Å². The third kappa shape index (κ3) is 7.17. The van der Waals surface area contributed by atoms with Gasteiger partial charge in [0.05, 0.1) is 18.0 Å². The van der Waals surface area contributed by atoms with Crippen LogP contribution in [0, 0.1) is 10.1 Å². The second-order valence-corrected chi connectivity index (χ2v) is 6.52. The number of nitro groups is 1. The van der Waals surface area contributed by atoms with E-state index in [0.29, 0.717) is 5.56 Å². The molecule has 0 saturated carbocycles. The molecule has 0 radical (unpaired) electrons. The number of hydrogen-bond donors (Lipinski definition) is 3. The number of carboxylic acid groups (broad SMARTS) is 1. The number of amides is 1. The van der Waals surface area contributed by atoms with Gasteiger partial charge >= 0.3 is 12.1 Å². The van der Waals surface area contributed by atoms with Crippen molar-refractivity contribution in [3.63, 3.8) is 0 Å². The molecule has 1 rings (SSSR count). The molecule has 0 fully saturated rings. The van der Waals surface area contributed by atoms with E-state index in [1.54, 1.807) is 20.8 Å². The summed E-state index contributed by atoms with van der Waals surface area (Å²) in [6.45, 7) is 4.67. The Kier molecular flexibility index (Phi) is 6.86. The van der Waals surface area contributed by atoms with Gasteiger partial charge in [-0.25, -0.2) is 4.79 Å². The molecule has 1 amide bonds. The zero-order valence-corrected chi connectivity index (χ0v) is 14.3. The number of benzene rings is 1. The average Bonchev–Trinajstić information content (AvgIpc) is 2.43. The van der Waals surface area contributed by atoms with E-state index < -0.39 is 35.0 Å². The lowest BCUT2D eigenvalue weighted by Crippen LogP contribution is -2.41. The summed E-state index contributed by atoms with van der Waals surface area (Å²) in [7, 11) is 0. The number of aliphatic carboxylic acids is 1. The van der Waals surface area contributed by atoms with Crippen molar-refractivity contribution in [2.45, 2.75) is 51.9 Å². The van der Waals surface area contributed by atoms with Crippen LogP contribution >= 0.6 is 0 Å². The highest BCUT2D eigenvalue weighted by Crippen LogP contribution is 2.22. The Morgan fingerprint density at radius 1 is 1.36 bits per heavy atom. The number of alkyl carbamates (subject to hydrolysis) is 1. The maximum atomic E-state index is 11.9. The van der Waals surface area contributed by atoms with E-state index in [-0.39, 0.29) is 24.3 Å². The molecule has 0 aliphatic heterocycles. The summed E-state index contributed by atoms with van der Waals surface area (Å²) in [5.41, 5.74) is -0.301. The van der Waals surface area contributed by atoms with Crippen molar-refractivity contribution in [2.75, 3.05) is 0 Å². The third-order valence-corrected chi connectivity index (χ3v) is 3.13. The van der Waals surface area contributed by atoms with E-state index in [1.165, 1.54) is 18.2 Å². The first-order valence-corrected chi connectivity index (χ1v) is 7.60. The summed E-state index contributed by atoms with van der Waals surface area (Å²) in [5.74, 6) is -1.16. The Balaban J connectivity index is 3.03. The minimum Gasteiger partial charge on any atom is -0.481 e. The monoisotopic (exact) mass is 354 g/mol. The van der Waals surface area contributed by atoms with Crippen molar-refractivity contribution in [2.24, 2.45) is 0 Å². The second-order valence-electron chi connectivity index (χ2n) is 6.52. The summed E-state index contributed by atoms with van der Waals surface area (Å²) in [5, 5.41) is 31.8. The number of aliphatic hydroxyl groups excluding tert-OH is 1. The number of carbonyl (C=O) groups is 2. The van der Waals surface area contributed by atoms with Crippen molar-refractivity contribution in [1.82, 2.24) is 5.32 Å². The third-order valence-electron chi connectivity index (χ3n) is 3.13. The Hall–Kier alpha value is -2.68. The van der Waals surface area contributed by atoms with Gasteiger partial charge in [0, 0.05) is 24.1 Å². The van der Waals surface area contributed by atoms with E-state index in [4.69, 9.17) is 9.84 Å². The van der Waals surface area contributed by atoms with Gasteiger partial charge in [-0.1, -0.05) is 0 Å². The van der Waals surface area contributed by atoms with E-state index in [2.05, 4.69) is 5.32 Å². The van der Waals surface area contributed by atoms with Crippen molar-refractivity contribution in [3.8, 4) is 0 Å². The summed E-state index contributed by atoms with van der Waals surface area (Å²) in [4.78, 5) is 33.5. The minimum absolute atomic E-state index is 0.0876. The van der Waals surface area contributed by atoms with Crippen LogP contribution < -0.4 is 5.32 Å². The summed E-state index contributed by atoms with van der Waals surface area (Å²) in [6, 6.07) is 3.17. The first-order chi connectivity index (χ1) is 11.5. The van der Waals surface area contributed by atoms with Crippen molar-refractivity contribution in [3.05, 3.63) is 39.4 Å². The lowest BCUT2D eigenvalue weighted by Gasteiger charge is -2.23. The first-order valence-electron chi connectivity index (χ1n) is 7.60. The molecule has 0 saturated heterocycles. The molecule has 1 atom stereocenters. The molecule has 9 nitrogen and oxygen atoms in total. The molecule has 1 aromatic rings. The van der Waals surface area contributed by atoms with Gasteiger partial charge in [0.25, 0.3) is 5.69 Å². The first kappa shape index (κ1) is 20.4. The Labute approximate surface area is 144 Å². The molecule has 1 aromatic carbocycles. The van der Waals surface area contributed by atoms with E-state index in [0.717, 1.165) is 0 Å². The molecule has 9 heteroatoms. The van der Waals surface area contributed by atoms with Crippen molar-refractivity contribution in [1.29, 1.82) is 0 Å². The van der Waals surface area contributed by atoms with Gasteiger partial charge in [0.15, 0.2) is 0 Å². The molecule has 0 heterocycles. The predicted octanol–water partition coefficient (Wildman–Crippen LogP) is 2.00. The Morgan fingerprint density at radius 3 is 2.48 bits per heavy atom. The largest absolute Gasteiger partial charge is 0.481 e. The number of nitrogens with one attached hydrogen (secondary N) is 1. The number of aliphatic hydroxyl groups is 1. The number of nitro benzene ring substituents is 1. The molecule has 0 aliphatic carbocycles. The SMILES string of the molecule is CC(C)(C)OC(=O)NC(CC(=O)O)Cc1cc(CO)ccc1[N+](=O)[O-]. The zero-order valence-electron chi connectivity index (χ0n) is 14.3. The van der Waals surface area contributed by atoms with E-state index in [1.807, 2.05) is 0 Å². The molecular formula is C16H22N2O7. The number of rotatable bonds is 7. The number of ether oxygens (including phenoxy) is 1. The summed E-state index contributed by atoms with van der Waals surface area (Å²) in [6.07, 6.45) is -1.32. The molecule has 1 unspecified atom stereocenters. The van der Waals surface area contributed by atoms with Crippen LogP contribution in [0.1, 0.15) is 38.3 Å². The average molecular weight is 354 g/mol. The Morgan fingerprint density at radius 2 is 2.00 bits per heavy atom. The lowest BCUT2D eigenvalue weighted by molar-refractivity contribution is -0.385. The number of nitrogens with zero attached hydrogens (tertiary/aromatic N) is 1. The Bertz CT molecular complexity index is 652. The van der Waals surface area contributed by atoms with Gasteiger partial charge in [0.2, 0.25) is 0 Å². The molecule has 138 valence electrons. The topological polar surface area (TPSA) is 139 Å². The van der Waals surface area contributed by atoms with Gasteiger partial charge in [-0.05, 0) is 38.5 Å². The number of hydrogen-bond acceptors (Lipinski definition) is 6. The molecule has 0 aromatic heterocycles. The van der Waals surface area contributed by atoms with Gasteiger partial charge in [0.1, 0.15) is 5.60 Å². The second kappa shape index (κ2) is 8.43. The quantitative estimate of drug-likeness (QED) is 0.502. The van der Waals surface area contributed by atoms with Gasteiger partial charge in [-0.15, -0.1) is 0 Å². The zero-order chi connectivity index (χ0) is 19.2. The fraction of sp³-hybridized carbons (Fsp3) is 0.500. The molecule has 0 spiro atoms. The molecule has 0 aliphatic rings. The normalized spacial score (nSPS) is 12.3. The maximum Gasteiger partial charge on any atom is 0.407 e. The van der Waals surface area contributed by atoms with Gasteiger partial charge < -0.3 is 20.3 Å². The van der Waals surface area contributed by atoms with Gasteiger partial charge in [-0.2, -0.15) is 0 Å². The highest BCUT2D eigenvalue weighted by atomic mass is 16.6. The number of carboxylic acids is 1. The highest BCUT2D eigenvalue weighted by Gasteiger charge is 2.24. The van der Waals surface area contributed by atoms with Crippen LogP contribution in [0.3, 0.4) is 0 Å². The molecule has 25 heavy (non-hydrogen) atoms. The maximum absolute atomic E-state index is 11.9. The van der Waals surface area contributed by atoms with Crippen LogP contribution in [0.5, 0.6) is 0 Å². The van der Waals surface area contributed by atoms with Crippen LogP contribution in [0.25, 0.3) is 0 Å². The van der Waals surface area contributed by atoms with E-state index >= 15 is 0 Å². The minimum atomic E-state index is -1.16. The summed E-state index contributed by atoms with van der Waals surface area (Å²) < 4.78 is 5.09. The molecule has 3 N–H and O–H groups in total. The highest BCUT2D eigenvalue weighted by molar-refractivity contribution is 5.71. The van der Waals surface area contributed by atoms with Crippen LogP contribution in [-0.2, 0) is 22.6 Å². The fourth-order valence-electron chi connectivity index (χ4n) is 2.20. The van der Waals surface area contributed by atoms with Gasteiger partial charge in [-0.3, -0.25) is 14.9 Å². The lowest BCUT2D eigenvalue weighted by atomic mass is 9.99. The van der Waals surface area contributed by atoms with Crippen LogP contribution in [0.4, 0.5) is 10.5 Å². The van der Waals surface area contributed by atoms with Crippen molar-refractivity contribution < 1.29 is 29.5 Å². The fourth-order valence-corrected chi connectivity index (χ4v) is 2.20. The van der Waals surface area contributed by atoms with E-state index in [9.17, 15) is 24.8 Å². The molecule has 0 bridgehead atoms. The number of carbonyl (C=O) groups excluding carboxylic acids is 1. The van der Waals surface area contributed by atoms with Crippen LogP contribution in [0.2, 0.25) is 0 Å². The van der Waals surface area contributed by atoms with Crippen LogP contribution in [-0.4, -0.2) is 38.8 Å². The summed E-state index contributed by atoms with van der Waals surface area (Å²) >= 11 is 0.